The van der Waals surface area contributed by atoms with E-state index in [-0.39, 0.29) is 0 Å². The largest absolute Gasteiger partial charge is 0.310 e. The quantitative estimate of drug-likeness (QED) is 0.518. The standard InChI is InChI=1S/C3H8ClOP/c1-2-3-6(4)5/h6H,2-3H2,1H3. The molecule has 1 nitrogen and oxygen atoms in total. The zero-order valence-corrected chi connectivity index (χ0v) is 5.46. The monoisotopic (exact) mass is 126 g/mol. The molecule has 0 fully saturated rings. The van der Waals surface area contributed by atoms with Gasteiger partial charge in [-0.25, -0.2) is 0 Å². The SMILES string of the molecule is CCC[PH](=O)Cl. The maximum absolute atomic E-state index is 9.99. The molecular weight excluding hydrogens is 118 g/mol. The van der Waals surface area contributed by atoms with Crippen molar-refractivity contribution in [1.82, 2.24) is 0 Å². The molecule has 0 saturated carbocycles. The van der Waals surface area contributed by atoms with Crippen LogP contribution in [-0.2, 0) is 4.57 Å². The van der Waals surface area contributed by atoms with Crippen molar-refractivity contribution in [1.29, 1.82) is 0 Å². The molecule has 0 amide bonds. The van der Waals surface area contributed by atoms with Crippen molar-refractivity contribution < 1.29 is 4.57 Å². The summed E-state index contributed by atoms with van der Waals surface area (Å²) in [6.45, 7) is 1.96. The third-order valence-electron chi connectivity index (χ3n) is 0.447. The van der Waals surface area contributed by atoms with Crippen LogP contribution in [-0.4, -0.2) is 6.16 Å². The summed E-state index contributed by atoms with van der Waals surface area (Å²) in [4.78, 5) is 0. The Morgan fingerprint density at radius 3 is 2.33 bits per heavy atom. The van der Waals surface area contributed by atoms with Crippen molar-refractivity contribution in [2.75, 3.05) is 6.16 Å². The maximum Gasteiger partial charge on any atom is 0.158 e. The second kappa shape index (κ2) is 3.70. The van der Waals surface area contributed by atoms with Crippen LogP contribution in [0, 0.1) is 0 Å². The van der Waals surface area contributed by atoms with Crippen LogP contribution in [0.15, 0.2) is 0 Å². The number of hydrogen-bond acceptors (Lipinski definition) is 1. The molecule has 0 rings (SSSR count). The Balaban J connectivity index is 2.83. The summed E-state index contributed by atoms with van der Waals surface area (Å²) in [5.74, 6) is 0. The highest BCUT2D eigenvalue weighted by Crippen LogP contribution is 2.26. The van der Waals surface area contributed by atoms with Crippen LogP contribution < -0.4 is 0 Å². The summed E-state index contributed by atoms with van der Waals surface area (Å²) in [6.07, 6.45) is 1.62. The molecule has 1 atom stereocenters. The molecule has 6 heavy (non-hydrogen) atoms. The van der Waals surface area contributed by atoms with Gasteiger partial charge in [0.25, 0.3) is 0 Å². The van der Waals surface area contributed by atoms with E-state index in [9.17, 15) is 4.57 Å². The van der Waals surface area contributed by atoms with E-state index in [1.807, 2.05) is 6.92 Å². The highest BCUT2D eigenvalue weighted by atomic mass is 35.7. The third-order valence-corrected chi connectivity index (χ3v) is 1.91. The molecule has 0 aliphatic rings. The predicted octanol–water partition coefficient (Wildman–Crippen LogP) is 2.11. The molecule has 0 aromatic carbocycles. The van der Waals surface area contributed by atoms with Crippen LogP contribution in [0.2, 0.25) is 0 Å². The van der Waals surface area contributed by atoms with Gasteiger partial charge in [0.15, 0.2) is 7.15 Å². The fourth-order valence-electron chi connectivity index (χ4n) is 0.197. The molecule has 38 valence electrons. The summed E-state index contributed by atoms with van der Waals surface area (Å²) < 4.78 is 9.99. The normalized spacial score (nSPS) is 14.3. The second-order valence-corrected chi connectivity index (χ2v) is 3.58. The predicted molar refractivity (Wildman–Crippen MR) is 30.0 cm³/mol. The summed E-state index contributed by atoms with van der Waals surface area (Å²) in [5.41, 5.74) is 0. The average molecular weight is 127 g/mol. The first-order valence-electron chi connectivity index (χ1n) is 1.95. The zero-order valence-electron chi connectivity index (χ0n) is 3.70. The Morgan fingerprint density at radius 2 is 2.33 bits per heavy atom. The minimum atomic E-state index is -1.66. The maximum atomic E-state index is 9.99. The number of hydrogen-bond donors (Lipinski definition) is 0. The molecule has 0 aliphatic heterocycles. The van der Waals surface area contributed by atoms with Gasteiger partial charge in [-0.1, -0.05) is 18.2 Å². The van der Waals surface area contributed by atoms with Gasteiger partial charge in [0.1, 0.15) is 0 Å². The highest BCUT2D eigenvalue weighted by molar-refractivity contribution is 7.73. The highest BCUT2D eigenvalue weighted by Gasteiger charge is 1.84. The van der Waals surface area contributed by atoms with Gasteiger partial charge in [-0.15, -0.1) is 0 Å². The third kappa shape index (κ3) is 4.52. The molecule has 0 heterocycles. The summed E-state index contributed by atoms with van der Waals surface area (Å²) in [7, 11) is -1.66. The molecule has 0 bridgehead atoms. The van der Waals surface area contributed by atoms with Gasteiger partial charge >= 0.3 is 0 Å². The van der Waals surface area contributed by atoms with E-state index in [1.54, 1.807) is 0 Å². The summed E-state index contributed by atoms with van der Waals surface area (Å²) in [5, 5.41) is 0. The van der Waals surface area contributed by atoms with Gasteiger partial charge in [0, 0.05) is 6.16 Å². The smallest absolute Gasteiger partial charge is 0.158 e. The van der Waals surface area contributed by atoms with Crippen molar-refractivity contribution in [2.45, 2.75) is 13.3 Å². The topological polar surface area (TPSA) is 17.1 Å². The Kier molecular flexibility index (Phi) is 4.02. The molecule has 3 heteroatoms. The first-order chi connectivity index (χ1) is 2.77. The Bertz CT molecular complexity index is 54.8. The van der Waals surface area contributed by atoms with Crippen molar-refractivity contribution in [3.8, 4) is 0 Å². The molecule has 0 aromatic heterocycles. The molecule has 1 unspecified atom stereocenters. The first-order valence-corrected chi connectivity index (χ1v) is 4.58. The molecule has 0 aromatic rings. The van der Waals surface area contributed by atoms with Crippen molar-refractivity contribution in [3.63, 3.8) is 0 Å². The lowest BCUT2D eigenvalue weighted by Gasteiger charge is -1.80. The molecule has 0 aliphatic carbocycles. The van der Waals surface area contributed by atoms with Crippen LogP contribution >= 0.6 is 18.4 Å². The number of halogens is 1. The van der Waals surface area contributed by atoms with E-state index >= 15 is 0 Å². The van der Waals surface area contributed by atoms with E-state index in [2.05, 4.69) is 0 Å². The van der Waals surface area contributed by atoms with Gasteiger partial charge in [-0.2, -0.15) is 0 Å². The zero-order chi connectivity index (χ0) is 4.99. The van der Waals surface area contributed by atoms with Crippen LogP contribution in [0.1, 0.15) is 13.3 Å². The Morgan fingerprint density at radius 1 is 1.83 bits per heavy atom. The van der Waals surface area contributed by atoms with Crippen LogP contribution in [0.5, 0.6) is 0 Å². The molecular formula is C3H8ClOP. The van der Waals surface area contributed by atoms with E-state index in [0.29, 0.717) is 6.16 Å². The Labute approximate surface area is 43.3 Å². The van der Waals surface area contributed by atoms with Crippen molar-refractivity contribution in [3.05, 3.63) is 0 Å². The summed E-state index contributed by atoms with van der Waals surface area (Å²) >= 11 is 5.12. The van der Waals surface area contributed by atoms with Crippen LogP contribution in [0.4, 0.5) is 0 Å². The van der Waals surface area contributed by atoms with Crippen molar-refractivity contribution >= 4 is 18.4 Å². The van der Waals surface area contributed by atoms with Gasteiger partial charge in [-0.3, -0.25) is 0 Å². The van der Waals surface area contributed by atoms with Gasteiger partial charge in [0.2, 0.25) is 0 Å². The summed E-state index contributed by atoms with van der Waals surface area (Å²) in [6, 6.07) is 0. The second-order valence-electron chi connectivity index (χ2n) is 1.11. The minimum Gasteiger partial charge on any atom is -0.310 e. The molecule has 0 N–H and O–H groups in total. The molecule has 0 spiro atoms. The van der Waals surface area contributed by atoms with Crippen LogP contribution in [0.25, 0.3) is 0 Å². The minimum absolute atomic E-state index is 0.687. The molecule has 0 saturated heterocycles. The molecule has 0 radical (unpaired) electrons. The lowest BCUT2D eigenvalue weighted by molar-refractivity contribution is 0.595. The first kappa shape index (κ1) is 6.52. The van der Waals surface area contributed by atoms with Crippen molar-refractivity contribution in [2.24, 2.45) is 0 Å². The lowest BCUT2D eigenvalue weighted by Crippen LogP contribution is -1.62. The van der Waals surface area contributed by atoms with E-state index in [0.717, 1.165) is 6.42 Å². The fourth-order valence-corrected chi connectivity index (χ4v) is 1.16. The Hall–Kier alpha value is 0.520. The van der Waals surface area contributed by atoms with E-state index < -0.39 is 7.15 Å². The lowest BCUT2D eigenvalue weighted by atomic mass is 10.6. The average Bonchev–Trinajstić information content (AvgIpc) is 1.35. The van der Waals surface area contributed by atoms with E-state index in [4.69, 9.17) is 11.2 Å². The van der Waals surface area contributed by atoms with Gasteiger partial charge in [-0.05, 0) is 6.42 Å². The van der Waals surface area contributed by atoms with E-state index in [1.165, 1.54) is 0 Å². The van der Waals surface area contributed by atoms with Gasteiger partial charge in [0.05, 0.1) is 0 Å². The number of rotatable bonds is 2. The fraction of sp³-hybridized carbons (Fsp3) is 1.00. The van der Waals surface area contributed by atoms with Crippen LogP contribution in [0.3, 0.4) is 0 Å². The van der Waals surface area contributed by atoms with Gasteiger partial charge < -0.3 is 4.57 Å².